The van der Waals surface area contributed by atoms with Crippen molar-refractivity contribution in [3.05, 3.63) is 61.1 Å². The molecule has 160 valence electrons. The highest BCUT2D eigenvalue weighted by molar-refractivity contribution is 6.33. The number of aromatic nitrogens is 2. The molecule has 1 aliphatic carbocycles. The van der Waals surface area contributed by atoms with Gasteiger partial charge in [-0.3, -0.25) is 9.36 Å². The van der Waals surface area contributed by atoms with Crippen molar-refractivity contribution in [1.82, 2.24) is 9.13 Å². The summed E-state index contributed by atoms with van der Waals surface area (Å²) in [4.78, 5) is 48.0. The fourth-order valence-electron chi connectivity index (χ4n) is 2.69. The Bertz CT molecular complexity index is 1200. The molecule has 1 aliphatic rings. The summed E-state index contributed by atoms with van der Waals surface area (Å²) in [5, 5.41) is 8.57. The summed E-state index contributed by atoms with van der Waals surface area (Å²) in [5.41, 5.74) is -7.77. The molecule has 30 heavy (non-hydrogen) atoms. The third kappa shape index (κ3) is 3.58. The smallest absolute Gasteiger partial charge is 0.431 e. The quantitative estimate of drug-likeness (QED) is 0.565. The number of ether oxygens (including phenoxy) is 1. The van der Waals surface area contributed by atoms with Gasteiger partial charge in [-0.15, -0.1) is 0 Å². The van der Waals surface area contributed by atoms with Crippen molar-refractivity contribution in [2.24, 2.45) is 7.05 Å². The topological polar surface area (TPSA) is 108 Å². The Balaban J connectivity index is 2.15. The molecule has 1 N–H and O–H groups in total. The zero-order valence-corrected chi connectivity index (χ0v) is 15.7. The van der Waals surface area contributed by atoms with Crippen LogP contribution >= 0.6 is 11.6 Å². The highest BCUT2D eigenvalue weighted by atomic mass is 35.5. The Kier molecular flexibility index (Phi) is 5.01. The molecule has 0 unspecified atom stereocenters. The standard InChI is InChI=1S/C17H11ClF4N2O6/c1-23-11(17(20,21)22)6-12(25)24(15(23)29)10-4-7(8(18)5-9(10)19)13(26)30-16(2-3-16)14(27)28/h4-6H,2-3H2,1H3,(H,27,28). The molecular formula is C17H11ClF4N2O6. The van der Waals surface area contributed by atoms with Crippen LogP contribution in [0.2, 0.25) is 5.02 Å². The van der Waals surface area contributed by atoms with Gasteiger partial charge in [0.15, 0.2) is 0 Å². The number of carboxylic acid groups (broad SMARTS) is 1. The lowest BCUT2D eigenvalue weighted by molar-refractivity contribution is -0.149. The average molecular weight is 451 g/mol. The molecule has 1 aromatic carbocycles. The van der Waals surface area contributed by atoms with Crippen LogP contribution in [0, 0.1) is 5.82 Å². The van der Waals surface area contributed by atoms with Crippen LogP contribution in [0.25, 0.3) is 5.69 Å². The Morgan fingerprint density at radius 1 is 1.20 bits per heavy atom. The number of benzene rings is 1. The predicted molar refractivity (Wildman–Crippen MR) is 92.3 cm³/mol. The van der Waals surface area contributed by atoms with E-state index < -0.39 is 62.7 Å². The van der Waals surface area contributed by atoms with Gasteiger partial charge in [0.25, 0.3) is 5.56 Å². The van der Waals surface area contributed by atoms with E-state index in [1.165, 1.54) is 0 Å². The first-order chi connectivity index (χ1) is 13.8. The van der Waals surface area contributed by atoms with Crippen molar-refractivity contribution >= 4 is 23.5 Å². The fraction of sp³-hybridized carbons (Fsp3) is 0.294. The van der Waals surface area contributed by atoms with Gasteiger partial charge < -0.3 is 9.84 Å². The zero-order chi connectivity index (χ0) is 22.6. The zero-order valence-electron chi connectivity index (χ0n) is 14.9. The number of carboxylic acids is 1. The maximum atomic E-state index is 14.4. The van der Waals surface area contributed by atoms with Crippen molar-refractivity contribution in [2.45, 2.75) is 24.6 Å². The Labute approximate surface area is 168 Å². The molecular weight excluding hydrogens is 440 g/mol. The van der Waals surface area contributed by atoms with Crippen LogP contribution in [-0.4, -0.2) is 31.8 Å². The number of hydrogen-bond acceptors (Lipinski definition) is 5. The van der Waals surface area contributed by atoms with Crippen molar-refractivity contribution in [1.29, 1.82) is 0 Å². The van der Waals surface area contributed by atoms with Crippen LogP contribution in [0.4, 0.5) is 17.6 Å². The molecule has 0 aliphatic heterocycles. The number of aliphatic carboxylic acids is 1. The first kappa shape index (κ1) is 21.6. The van der Waals surface area contributed by atoms with Gasteiger partial charge in [-0.25, -0.2) is 23.3 Å². The maximum Gasteiger partial charge on any atom is 0.431 e. The molecule has 0 saturated heterocycles. The molecule has 0 bridgehead atoms. The summed E-state index contributed by atoms with van der Waals surface area (Å²) < 4.78 is 58.4. The fourth-order valence-corrected chi connectivity index (χ4v) is 2.92. The molecule has 2 aromatic rings. The minimum absolute atomic E-state index is 0.0403. The van der Waals surface area contributed by atoms with Crippen LogP contribution in [0.15, 0.2) is 27.8 Å². The number of hydrogen-bond donors (Lipinski definition) is 1. The Morgan fingerprint density at radius 3 is 2.30 bits per heavy atom. The van der Waals surface area contributed by atoms with E-state index in [-0.39, 0.29) is 28.0 Å². The van der Waals surface area contributed by atoms with Gasteiger partial charge in [-0.1, -0.05) is 11.6 Å². The number of carbonyl (C=O) groups is 2. The second-order valence-electron chi connectivity index (χ2n) is 6.52. The van der Waals surface area contributed by atoms with E-state index in [4.69, 9.17) is 21.4 Å². The second-order valence-corrected chi connectivity index (χ2v) is 6.92. The van der Waals surface area contributed by atoms with E-state index in [0.29, 0.717) is 12.1 Å². The van der Waals surface area contributed by atoms with Gasteiger partial charge in [-0.2, -0.15) is 13.2 Å². The highest BCUT2D eigenvalue weighted by Gasteiger charge is 2.55. The lowest BCUT2D eigenvalue weighted by Gasteiger charge is -2.16. The van der Waals surface area contributed by atoms with Crippen molar-refractivity contribution < 1.29 is 37.0 Å². The lowest BCUT2D eigenvalue weighted by Crippen LogP contribution is -2.41. The molecule has 3 rings (SSSR count). The number of carbonyl (C=O) groups excluding carboxylic acids is 1. The summed E-state index contributed by atoms with van der Waals surface area (Å²) in [6.07, 6.45) is -4.94. The van der Waals surface area contributed by atoms with Crippen LogP contribution in [0.3, 0.4) is 0 Å². The van der Waals surface area contributed by atoms with Gasteiger partial charge in [0.1, 0.15) is 11.5 Å². The molecule has 1 saturated carbocycles. The van der Waals surface area contributed by atoms with Crippen molar-refractivity contribution in [3.63, 3.8) is 0 Å². The predicted octanol–water partition coefficient (Wildman–Crippen LogP) is 2.12. The summed E-state index contributed by atoms with van der Waals surface area (Å²) >= 11 is 5.80. The van der Waals surface area contributed by atoms with Gasteiger partial charge in [0, 0.05) is 26.0 Å². The van der Waals surface area contributed by atoms with Crippen LogP contribution < -0.4 is 11.2 Å². The number of nitrogens with zero attached hydrogens (tertiary/aromatic N) is 2. The minimum Gasteiger partial charge on any atom is -0.478 e. The van der Waals surface area contributed by atoms with E-state index >= 15 is 0 Å². The highest BCUT2D eigenvalue weighted by Crippen LogP contribution is 2.41. The molecule has 0 atom stereocenters. The monoisotopic (exact) mass is 450 g/mol. The Hall–Kier alpha value is -3.15. The normalized spacial score (nSPS) is 15.0. The molecule has 13 heteroatoms. The Morgan fingerprint density at radius 2 is 1.80 bits per heavy atom. The van der Waals surface area contributed by atoms with Crippen LogP contribution in [0.1, 0.15) is 28.9 Å². The van der Waals surface area contributed by atoms with Crippen molar-refractivity contribution in [2.75, 3.05) is 0 Å². The molecule has 1 heterocycles. The SMILES string of the molecule is Cn1c(C(F)(F)F)cc(=O)n(-c2cc(C(=O)OC3(C(=O)O)CC3)c(Cl)cc2F)c1=O. The third-order valence-electron chi connectivity index (χ3n) is 4.49. The van der Waals surface area contributed by atoms with E-state index in [2.05, 4.69) is 0 Å². The summed E-state index contributed by atoms with van der Waals surface area (Å²) in [5.74, 6) is -3.95. The van der Waals surface area contributed by atoms with Crippen LogP contribution in [0.5, 0.6) is 0 Å². The van der Waals surface area contributed by atoms with Crippen molar-refractivity contribution in [3.8, 4) is 5.69 Å². The summed E-state index contributed by atoms with van der Waals surface area (Å²) in [6.45, 7) is 0. The number of rotatable bonds is 4. The van der Waals surface area contributed by atoms with E-state index in [1.54, 1.807) is 0 Å². The first-order valence-corrected chi connectivity index (χ1v) is 8.53. The molecule has 8 nitrogen and oxygen atoms in total. The number of esters is 1. The second kappa shape index (κ2) is 6.97. The molecule has 1 aromatic heterocycles. The van der Waals surface area contributed by atoms with Gasteiger partial charge >= 0.3 is 23.8 Å². The largest absolute Gasteiger partial charge is 0.478 e. The lowest BCUT2D eigenvalue weighted by atomic mass is 10.1. The van der Waals surface area contributed by atoms with E-state index in [9.17, 15) is 36.7 Å². The number of halogens is 5. The minimum atomic E-state index is -5.02. The average Bonchev–Trinajstić information content (AvgIpc) is 3.39. The summed E-state index contributed by atoms with van der Waals surface area (Å²) in [6, 6.07) is 1.28. The molecule has 0 spiro atoms. The van der Waals surface area contributed by atoms with Gasteiger partial charge in [0.2, 0.25) is 5.60 Å². The molecule has 1 fully saturated rings. The number of alkyl halides is 3. The van der Waals surface area contributed by atoms with Gasteiger partial charge in [0.05, 0.1) is 16.3 Å². The van der Waals surface area contributed by atoms with E-state index in [0.717, 1.165) is 7.05 Å². The summed E-state index contributed by atoms with van der Waals surface area (Å²) in [7, 11) is 0.730. The van der Waals surface area contributed by atoms with E-state index in [1.807, 2.05) is 0 Å². The van der Waals surface area contributed by atoms with Crippen LogP contribution in [-0.2, 0) is 22.8 Å². The first-order valence-electron chi connectivity index (χ1n) is 8.15. The van der Waals surface area contributed by atoms with Gasteiger partial charge in [-0.05, 0) is 12.1 Å². The maximum absolute atomic E-state index is 14.4. The molecule has 0 radical (unpaired) electrons. The molecule has 0 amide bonds. The third-order valence-corrected chi connectivity index (χ3v) is 4.80.